The van der Waals surface area contributed by atoms with Crippen LogP contribution in [0.1, 0.15) is 18.6 Å². The molecular weight excluding hydrogens is 144 g/mol. The highest BCUT2D eigenvalue weighted by Gasteiger charge is 1.97. The third kappa shape index (κ3) is 1.69. The molecule has 1 nitrogen and oxygen atoms in total. The van der Waals surface area contributed by atoms with Crippen LogP contribution in [0.5, 0.6) is 0 Å². The fourth-order valence-corrected chi connectivity index (χ4v) is 0.882. The quantitative estimate of drug-likeness (QED) is 0.656. The molecule has 0 bridgehead atoms. The standard InChI is InChI=1S/C8H9OS/c1-6(9)7-2-4-8(10)5-3-7/h2-6,9H,1H3. The summed E-state index contributed by atoms with van der Waals surface area (Å²) in [6.07, 6.45) is -0.393. The van der Waals surface area contributed by atoms with Gasteiger partial charge >= 0.3 is 0 Å². The molecule has 0 saturated heterocycles. The maximum Gasteiger partial charge on any atom is 0.0761 e. The minimum atomic E-state index is -0.393. The molecule has 10 heavy (non-hydrogen) atoms. The van der Waals surface area contributed by atoms with Crippen LogP contribution in [0.3, 0.4) is 0 Å². The second-order valence-corrected chi connectivity index (χ2v) is 2.72. The van der Waals surface area contributed by atoms with Crippen molar-refractivity contribution in [2.45, 2.75) is 17.9 Å². The highest BCUT2D eigenvalue weighted by Crippen LogP contribution is 2.13. The summed E-state index contributed by atoms with van der Waals surface area (Å²) in [5, 5.41) is 9.08. The van der Waals surface area contributed by atoms with Crippen LogP contribution in [0.15, 0.2) is 29.2 Å². The van der Waals surface area contributed by atoms with Crippen molar-refractivity contribution in [2.75, 3.05) is 0 Å². The van der Waals surface area contributed by atoms with Crippen molar-refractivity contribution in [3.05, 3.63) is 29.8 Å². The van der Waals surface area contributed by atoms with Gasteiger partial charge in [-0.2, -0.15) is 0 Å². The zero-order valence-electron chi connectivity index (χ0n) is 5.74. The number of aliphatic hydroxyl groups excluding tert-OH is 1. The largest absolute Gasteiger partial charge is 0.389 e. The third-order valence-electron chi connectivity index (χ3n) is 1.36. The average Bonchev–Trinajstić information content (AvgIpc) is 1.88. The maximum atomic E-state index is 9.08. The highest BCUT2D eigenvalue weighted by atomic mass is 32.1. The van der Waals surface area contributed by atoms with Gasteiger partial charge in [0.05, 0.1) is 6.10 Å². The molecule has 0 heterocycles. The minimum absolute atomic E-state index is 0.393. The van der Waals surface area contributed by atoms with Crippen molar-refractivity contribution < 1.29 is 5.11 Å². The Kier molecular flexibility index (Phi) is 2.25. The van der Waals surface area contributed by atoms with Crippen LogP contribution in [0.2, 0.25) is 0 Å². The molecule has 1 rings (SSSR count). The molecule has 0 amide bonds. The van der Waals surface area contributed by atoms with Crippen LogP contribution in [0.4, 0.5) is 0 Å². The van der Waals surface area contributed by atoms with E-state index in [1.807, 2.05) is 24.3 Å². The SMILES string of the molecule is CC(O)c1ccc([S])cc1. The first kappa shape index (κ1) is 7.51. The topological polar surface area (TPSA) is 20.2 Å². The predicted molar refractivity (Wildman–Crippen MR) is 42.9 cm³/mol. The van der Waals surface area contributed by atoms with E-state index < -0.39 is 6.10 Å². The lowest BCUT2D eigenvalue weighted by molar-refractivity contribution is 0.199. The molecule has 0 aliphatic heterocycles. The fraction of sp³-hybridized carbons (Fsp3) is 0.250. The normalized spacial score (nSPS) is 13.0. The fourth-order valence-electron chi connectivity index (χ4n) is 0.746. The van der Waals surface area contributed by atoms with Gasteiger partial charge in [0.15, 0.2) is 0 Å². The van der Waals surface area contributed by atoms with E-state index in [0.29, 0.717) is 0 Å². The van der Waals surface area contributed by atoms with Crippen molar-refractivity contribution in [1.82, 2.24) is 0 Å². The smallest absolute Gasteiger partial charge is 0.0761 e. The maximum absolute atomic E-state index is 9.08. The number of aliphatic hydroxyl groups is 1. The lowest BCUT2D eigenvalue weighted by Crippen LogP contribution is -1.88. The summed E-state index contributed by atoms with van der Waals surface area (Å²) in [6, 6.07) is 7.31. The Balaban J connectivity index is 2.89. The molecule has 1 N–H and O–H groups in total. The van der Waals surface area contributed by atoms with Gasteiger partial charge in [-0.3, -0.25) is 0 Å². The first-order valence-electron chi connectivity index (χ1n) is 3.15. The second kappa shape index (κ2) is 2.99. The molecule has 0 aliphatic carbocycles. The molecule has 1 aromatic rings. The van der Waals surface area contributed by atoms with Crippen molar-refractivity contribution in [1.29, 1.82) is 0 Å². The second-order valence-electron chi connectivity index (χ2n) is 2.25. The molecular formula is C8H9OS. The summed E-state index contributed by atoms with van der Waals surface area (Å²) in [4.78, 5) is 0.810. The zero-order chi connectivity index (χ0) is 7.56. The van der Waals surface area contributed by atoms with Crippen LogP contribution in [-0.2, 0) is 0 Å². The van der Waals surface area contributed by atoms with Gasteiger partial charge < -0.3 is 5.11 Å². The molecule has 53 valence electrons. The number of hydrogen-bond acceptors (Lipinski definition) is 1. The first-order valence-corrected chi connectivity index (χ1v) is 3.56. The Labute approximate surface area is 66.1 Å². The monoisotopic (exact) mass is 153 g/mol. The van der Waals surface area contributed by atoms with Crippen molar-refractivity contribution >= 4 is 12.6 Å². The van der Waals surface area contributed by atoms with Crippen LogP contribution in [0.25, 0.3) is 0 Å². The predicted octanol–water partition coefficient (Wildman–Crippen LogP) is 2.30. The number of rotatable bonds is 1. The van der Waals surface area contributed by atoms with E-state index in [9.17, 15) is 0 Å². The van der Waals surface area contributed by atoms with Gasteiger partial charge in [-0.15, -0.1) is 0 Å². The van der Waals surface area contributed by atoms with Crippen LogP contribution in [-0.4, -0.2) is 5.11 Å². The summed E-state index contributed by atoms with van der Waals surface area (Å²) in [7, 11) is 0. The average molecular weight is 153 g/mol. The van der Waals surface area contributed by atoms with Crippen molar-refractivity contribution in [3.63, 3.8) is 0 Å². The van der Waals surface area contributed by atoms with E-state index in [0.717, 1.165) is 10.5 Å². The van der Waals surface area contributed by atoms with Gasteiger partial charge in [0.2, 0.25) is 0 Å². The molecule has 0 aromatic heterocycles. The third-order valence-corrected chi connectivity index (χ3v) is 1.63. The van der Waals surface area contributed by atoms with Gasteiger partial charge in [-0.1, -0.05) is 24.8 Å². The van der Waals surface area contributed by atoms with Gasteiger partial charge in [0.25, 0.3) is 0 Å². The Morgan fingerprint density at radius 1 is 1.30 bits per heavy atom. The van der Waals surface area contributed by atoms with E-state index in [2.05, 4.69) is 0 Å². The molecule has 1 aromatic carbocycles. The molecule has 2 heteroatoms. The van der Waals surface area contributed by atoms with E-state index in [1.54, 1.807) is 6.92 Å². The molecule has 1 radical (unpaired) electrons. The summed E-state index contributed by atoms with van der Waals surface area (Å²) >= 11 is 4.88. The molecule has 0 spiro atoms. The van der Waals surface area contributed by atoms with E-state index in [1.165, 1.54) is 0 Å². The van der Waals surface area contributed by atoms with E-state index in [-0.39, 0.29) is 0 Å². The van der Waals surface area contributed by atoms with Crippen LogP contribution < -0.4 is 0 Å². The summed E-state index contributed by atoms with van der Waals surface area (Å²) in [6.45, 7) is 1.73. The first-order chi connectivity index (χ1) is 4.70. The lowest BCUT2D eigenvalue weighted by Gasteiger charge is -2.02. The van der Waals surface area contributed by atoms with Gasteiger partial charge in [0, 0.05) is 4.90 Å². The molecule has 0 fully saturated rings. The van der Waals surface area contributed by atoms with Gasteiger partial charge in [-0.05, 0) is 24.6 Å². The molecule has 1 unspecified atom stereocenters. The van der Waals surface area contributed by atoms with Gasteiger partial charge in [-0.25, -0.2) is 0 Å². The highest BCUT2D eigenvalue weighted by molar-refractivity contribution is 7.80. The molecule has 1 atom stereocenters. The zero-order valence-corrected chi connectivity index (χ0v) is 6.56. The Morgan fingerprint density at radius 2 is 1.80 bits per heavy atom. The van der Waals surface area contributed by atoms with Gasteiger partial charge in [0.1, 0.15) is 0 Å². The minimum Gasteiger partial charge on any atom is -0.389 e. The summed E-state index contributed by atoms with van der Waals surface area (Å²) in [5.41, 5.74) is 0.911. The molecule has 0 saturated carbocycles. The van der Waals surface area contributed by atoms with Crippen LogP contribution in [0, 0.1) is 0 Å². The Hall–Kier alpha value is -0.600. The van der Waals surface area contributed by atoms with E-state index in [4.69, 9.17) is 17.7 Å². The summed E-state index contributed by atoms with van der Waals surface area (Å²) < 4.78 is 0. The summed E-state index contributed by atoms with van der Waals surface area (Å²) in [5.74, 6) is 0. The molecule has 0 aliphatic rings. The number of hydrogen-bond donors (Lipinski definition) is 1. The van der Waals surface area contributed by atoms with Crippen molar-refractivity contribution in [2.24, 2.45) is 0 Å². The lowest BCUT2D eigenvalue weighted by atomic mass is 10.1. The Morgan fingerprint density at radius 3 is 2.20 bits per heavy atom. The van der Waals surface area contributed by atoms with Crippen molar-refractivity contribution in [3.8, 4) is 0 Å². The van der Waals surface area contributed by atoms with E-state index >= 15 is 0 Å². The van der Waals surface area contributed by atoms with Crippen LogP contribution >= 0.6 is 12.6 Å². The Bertz CT molecular complexity index is 203. The number of benzene rings is 1.